The third kappa shape index (κ3) is 2.72. The largest absolute Gasteiger partial charge is 0.454 e. The summed E-state index contributed by atoms with van der Waals surface area (Å²) >= 11 is 12.1. The summed E-state index contributed by atoms with van der Waals surface area (Å²) in [5.74, 6) is 1.43. The van der Waals surface area contributed by atoms with Crippen LogP contribution in [0.15, 0.2) is 47.1 Å². The summed E-state index contributed by atoms with van der Waals surface area (Å²) in [7, 11) is 0. The van der Waals surface area contributed by atoms with Crippen molar-refractivity contribution in [1.29, 1.82) is 0 Å². The van der Waals surface area contributed by atoms with Gasteiger partial charge in [0.05, 0.1) is 5.02 Å². The SMILES string of the molecule is O=C1NC(c2ccc(Cl)cc2Cl)=N/C1=C/c1ccc2c(c1)OCO2. The molecule has 0 radical (unpaired) electrons. The van der Waals surface area contributed by atoms with Crippen molar-refractivity contribution in [2.24, 2.45) is 4.99 Å². The molecule has 0 bridgehead atoms. The minimum Gasteiger partial charge on any atom is -0.454 e. The number of fused-ring (bicyclic) bond motifs is 1. The van der Waals surface area contributed by atoms with E-state index in [4.69, 9.17) is 32.7 Å². The van der Waals surface area contributed by atoms with E-state index < -0.39 is 0 Å². The number of amides is 1. The van der Waals surface area contributed by atoms with Crippen molar-refractivity contribution in [2.75, 3.05) is 6.79 Å². The van der Waals surface area contributed by atoms with Crippen molar-refractivity contribution in [2.45, 2.75) is 0 Å². The molecule has 2 aromatic rings. The number of carbonyl (C=O) groups is 1. The van der Waals surface area contributed by atoms with E-state index in [0.717, 1.165) is 5.56 Å². The van der Waals surface area contributed by atoms with Crippen LogP contribution in [0.4, 0.5) is 0 Å². The van der Waals surface area contributed by atoms with Gasteiger partial charge in [0, 0.05) is 10.6 Å². The molecular weight excluding hydrogens is 351 g/mol. The summed E-state index contributed by atoms with van der Waals surface area (Å²) in [5, 5.41) is 3.65. The van der Waals surface area contributed by atoms with Gasteiger partial charge in [-0.25, -0.2) is 4.99 Å². The molecule has 1 amide bonds. The Morgan fingerprint density at radius 3 is 2.75 bits per heavy atom. The lowest BCUT2D eigenvalue weighted by Crippen LogP contribution is -2.24. The summed E-state index contributed by atoms with van der Waals surface area (Å²) in [6.45, 7) is 0.202. The average Bonchev–Trinajstić information content (AvgIpc) is 3.14. The van der Waals surface area contributed by atoms with Gasteiger partial charge in [0.15, 0.2) is 11.5 Å². The van der Waals surface area contributed by atoms with Crippen molar-refractivity contribution >= 4 is 41.0 Å². The summed E-state index contributed by atoms with van der Waals surface area (Å²) in [6, 6.07) is 10.4. The molecule has 120 valence electrons. The van der Waals surface area contributed by atoms with Gasteiger partial charge in [-0.15, -0.1) is 0 Å². The fourth-order valence-electron chi connectivity index (χ4n) is 2.44. The van der Waals surface area contributed by atoms with Crippen LogP contribution < -0.4 is 14.8 Å². The van der Waals surface area contributed by atoms with Gasteiger partial charge in [-0.1, -0.05) is 29.3 Å². The highest BCUT2D eigenvalue weighted by atomic mass is 35.5. The monoisotopic (exact) mass is 360 g/mol. The lowest BCUT2D eigenvalue weighted by molar-refractivity contribution is -0.115. The van der Waals surface area contributed by atoms with Crippen LogP contribution in [-0.4, -0.2) is 18.5 Å². The maximum atomic E-state index is 12.2. The number of halogens is 2. The lowest BCUT2D eigenvalue weighted by atomic mass is 10.1. The van der Waals surface area contributed by atoms with Crippen molar-refractivity contribution in [3.05, 3.63) is 63.3 Å². The second-order valence-corrected chi connectivity index (χ2v) is 6.02. The summed E-state index contributed by atoms with van der Waals surface area (Å²) in [6.07, 6.45) is 1.67. The van der Waals surface area contributed by atoms with Gasteiger partial charge < -0.3 is 14.8 Å². The van der Waals surface area contributed by atoms with Gasteiger partial charge in [-0.2, -0.15) is 0 Å². The Bertz CT molecular complexity index is 922. The molecule has 24 heavy (non-hydrogen) atoms. The molecule has 0 atom stereocenters. The molecule has 1 N–H and O–H groups in total. The van der Waals surface area contributed by atoms with Crippen LogP contribution in [0.1, 0.15) is 11.1 Å². The molecular formula is C17H10Cl2N2O3. The van der Waals surface area contributed by atoms with Gasteiger partial charge in [-0.05, 0) is 42.0 Å². The number of nitrogens with one attached hydrogen (secondary N) is 1. The van der Waals surface area contributed by atoms with Crippen molar-refractivity contribution in [3.8, 4) is 11.5 Å². The minimum atomic E-state index is -0.298. The van der Waals surface area contributed by atoms with Crippen LogP contribution in [0.5, 0.6) is 11.5 Å². The maximum absolute atomic E-state index is 12.2. The van der Waals surface area contributed by atoms with Gasteiger partial charge in [0.2, 0.25) is 6.79 Å². The lowest BCUT2D eigenvalue weighted by Gasteiger charge is -2.03. The molecule has 0 spiro atoms. The Kier molecular flexibility index (Phi) is 3.67. The van der Waals surface area contributed by atoms with Crippen LogP contribution in [0.25, 0.3) is 6.08 Å². The summed E-state index contributed by atoms with van der Waals surface area (Å²) in [5.41, 5.74) is 1.69. The second-order valence-electron chi connectivity index (χ2n) is 5.18. The Balaban J connectivity index is 1.68. The first-order chi connectivity index (χ1) is 11.6. The number of amidine groups is 1. The number of hydrogen-bond acceptors (Lipinski definition) is 4. The zero-order valence-corrected chi connectivity index (χ0v) is 13.7. The highest BCUT2D eigenvalue weighted by Gasteiger charge is 2.23. The van der Waals surface area contributed by atoms with Gasteiger partial charge in [0.1, 0.15) is 11.5 Å². The smallest absolute Gasteiger partial charge is 0.275 e. The molecule has 0 saturated heterocycles. The van der Waals surface area contributed by atoms with Crippen LogP contribution in [0.2, 0.25) is 10.0 Å². The standard InChI is InChI=1S/C17H10Cl2N2O3/c18-10-2-3-11(12(19)7-10)16-20-13(17(22)21-16)5-9-1-4-14-15(6-9)24-8-23-14/h1-7H,8H2,(H,20,21,22)/b13-5+. The van der Waals surface area contributed by atoms with Crippen LogP contribution in [-0.2, 0) is 4.79 Å². The predicted octanol–water partition coefficient (Wildman–Crippen LogP) is 3.64. The summed E-state index contributed by atoms with van der Waals surface area (Å²) in [4.78, 5) is 16.5. The molecule has 0 unspecified atom stereocenters. The molecule has 2 aliphatic rings. The van der Waals surface area contributed by atoms with Gasteiger partial charge >= 0.3 is 0 Å². The van der Waals surface area contributed by atoms with Gasteiger partial charge in [0.25, 0.3) is 5.91 Å². The molecule has 5 nitrogen and oxygen atoms in total. The molecule has 0 fully saturated rings. The van der Waals surface area contributed by atoms with Gasteiger partial charge in [-0.3, -0.25) is 4.79 Å². The highest BCUT2D eigenvalue weighted by molar-refractivity contribution is 6.37. The Morgan fingerprint density at radius 2 is 1.92 bits per heavy atom. The van der Waals surface area contributed by atoms with Crippen molar-refractivity contribution in [3.63, 3.8) is 0 Å². The molecule has 0 aliphatic carbocycles. The quantitative estimate of drug-likeness (QED) is 0.831. The third-order valence-corrected chi connectivity index (χ3v) is 4.13. The molecule has 0 saturated carbocycles. The second kappa shape index (κ2) is 5.85. The van der Waals surface area contributed by atoms with E-state index in [-0.39, 0.29) is 18.4 Å². The predicted molar refractivity (Wildman–Crippen MR) is 91.7 cm³/mol. The fraction of sp³-hybridized carbons (Fsp3) is 0.0588. The molecule has 0 aromatic heterocycles. The van der Waals surface area contributed by atoms with Crippen LogP contribution >= 0.6 is 23.2 Å². The number of nitrogens with zero attached hydrogens (tertiary/aromatic N) is 1. The van der Waals surface area contributed by atoms with E-state index in [1.165, 1.54) is 0 Å². The summed E-state index contributed by atoms with van der Waals surface area (Å²) < 4.78 is 10.6. The first-order valence-corrected chi connectivity index (χ1v) is 7.82. The van der Waals surface area contributed by atoms with Crippen LogP contribution in [0, 0.1) is 0 Å². The molecule has 2 heterocycles. The number of carbonyl (C=O) groups excluding carboxylic acids is 1. The number of benzene rings is 2. The first-order valence-electron chi connectivity index (χ1n) is 7.07. The highest BCUT2D eigenvalue weighted by Crippen LogP contribution is 2.33. The first kappa shape index (κ1) is 15.1. The number of hydrogen-bond donors (Lipinski definition) is 1. The zero-order valence-electron chi connectivity index (χ0n) is 12.2. The molecule has 4 rings (SSSR count). The average molecular weight is 361 g/mol. The third-order valence-electron chi connectivity index (χ3n) is 3.58. The van der Waals surface area contributed by atoms with E-state index in [2.05, 4.69) is 10.3 Å². The van der Waals surface area contributed by atoms with E-state index >= 15 is 0 Å². The fourth-order valence-corrected chi connectivity index (χ4v) is 2.94. The van der Waals surface area contributed by atoms with Crippen molar-refractivity contribution in [1.82, 2.24) is 5.32 Å². The van der Waals surface area contributed by atoms with E-state index in [9.17, 15) is 4.79 Å². The normalized spacial score (nSPS) is 17.2. The Labute approximate surface area is 147 Å². The van der Waals surface area contributed by atoms with E-state index in [0.29, 0.717) is 32.9 Å². The molecule has 2 aliphatic heterocycles. The number of rotatable bonds is 2. The minimum absolute atomic E-state index is 0.202. The molecule has 2 aromatic carbocycles. The van der Waals surface area contributed by atoms with E-state index in [1.807, 2.05) is 6.07 Å². The number of ether oxygens (including phenoxy) is 2. The Hall–Kier alpha value is -2.50. The van der Waals surface area contributed by atoms with E-state index in [1.54, 1.807) is 36.4 Å². The maximum Gasteiger partial charge on any atom is 0.275 e. The molecule has 7 heteroatoms. The number of aliphatic imine (C=N–C) groups is 1. The zero-order chi connectivity index (χ0) is 16.7. The topological polar surface area (TPSA) is 59.9 Å². The van der Waals surface area contributed by atoms with Crippen LogP contribution in [0.3, 0.4) is 0 Å². The Morgan fingerprint density at radius 1 is 1.08 bits per heavy atom. The van der Waals surface area contributed by atoms with Crippen molar-refractivity contribution < 1.29 is 14.3 Å².